The van der Waals surface area contributed by atoms with Crippen LogP contribution in [0.2, 0.25) is 0 Å². The second kappa shape index (κ2) is 5.50. The van der Waals surface area contributed by atoms with Gasteiger partial charge in [-0.05, 0) is 19.8 Å². The van der Waals surface area contributed by atoms with E-state index < -0.39 is 0 Å². The monoisotopic (exact) mass is 228 g/mol. The van der Waals surface area contributed by atoms with Gasteiger partial charge in [0.05, 0.1) is 6.10 Å². The van der Waals surface area contributed by atoms with Crippen molar-refractivity contribution in [2.75, 3.05) is 32.8 Å². The van der Waals surface area contributed by atoms with Crippen molar-refractivity contribution in [1.29, 1.82) is 0 Å². The standard InChI is InChI=1S/C11H20N2O3/c1-9-6-12-7-10(16-9)8-15-11(14)13-4-2-3-5-13/h9-10,12H,2-8H2,1H3. The van der Waals surface area contributed by atoms with Crippen molar-refractivity contribution in [3.05, 3.63) is 0 Å². The first-order valence-electron chi connectivity index (χ1n) is 6.03. The fourth-order valence-electron chi connectivity index (χ4n) is 2.13. The summed E-state index contributed by atoms with van der Waals surface area (Å²) >= 11 is 0. The number of ether oxygens (including phenoxy) is 2. The van der Waals surface area contributed by atoms with Crippen LogP contribution in [-0.2, 0) is 9.47 Å². The Morgan fingerprint density at radius 2 is 2.19 bits per heavy atom. The summed E-state index contributed by atoms with van der Waals surface area (Å²) in [6, 6.07) is 0. The smallest absolute Gasteiger partial charge is 0.409 e. The molecule has 2 fully saturated rings. The molecule has 0 saturated carbocycles. The van der Waals surface area contributed by atoms with Crippen LogP contribution in [0.3, 0.4) is 0 Å². The lowest BCUT2D eigenvalue weighted by molar-refractivity contribution is -0.0576. The number of hydrogen-bond donors (Lipinski definition) is 1. The number of rotatable bonds is 2. The molecule has 1 amide bonds. The lowest BCUT2D eigenvalue weighted by Gasteiger charge is -2.28. The largest absolute Gasteiger partial charge is 0.447 e. The Morgan fingerprint density at radius 1 is 1.44 bits per heavy atom. The molecule has 2 unspecified atom stereocenters. The maximum absolute atomic E-state index is 11.6. The van der Waals surface area contributed by atoms with E-state index >= 15 is 0 Å². The summed E-state index contributed by atoms with van der Waals surface area (Å²) < 4.78 is 10.9. The van der Waals surface area contributed by atoms with Crippen molar-refractivity contribution in [3.8, 4) is 0 Å². The van der Waals surface area contributed by atoms with E-state index in [0.717, 1.165) is 39.0 Å². The van der Waals surface area contributed by atoms with Gasteiger partial charge in [-0.25, -0.2) is 4.79 Å². The van der Waals surface area contributed by atoms with Crippen molar-refractivity contribution >= 4 is 6.09 Å². The van der Waals surface area contributed by atoms with Crippen LogP contribution in [-0.4, -0.2) is 56.0 Å². The molecular weight excluding hydrogens is 208 g/mol. The summed E-state index contributed by atoms with van der Waals surface area (Å²) in [7, 11) is 0. The fraction of sp³-hybridized carbons (Fsp3) is 0.909. The molecule has 5 nitrogen and oxygen atoms in total. The van der Waals surface area contributed by atoms with E-state index in [9.17, 15) is 4.79 Å². The zero-order valence-corrected chi connectivity index (χ0v) is 9.78. The van der Waals surface area contributed by atoms with Gasteiger partial charge in [0, 0.05) is 26.2 Å². The Bertz CT molecular complexity index is 241. The van der Waals surface area contributed by atoms with Crippen LogP contribution >= 0.6 is 0 Å². The van der Waals surface area contributed by atoms with E-state index in [-0.39, 0.29) is 18.3 Å². The van der Waals surface area contributed by atoms with Gasteiger partial charge in [-0.15, -0.1) is 0 Å². The van der Waals surface area contributed by atoms with Gasteiger partial charge in [-0.1, -0.05) is 0 Å². The second-order valence-corrected chi connectivity index (χ2v) is 4.50. The molecule has 5 heteroatoms. The quantitative estimate of drug-likeness (QED) is 0.752. The van der Waals surface area contributed by atoms with Crippen LogP contribution in [0.1, 0.15) is 19.8 Å². The van der Waals surface area contributed by atoms with Crippen LogP contribution in [0.15, 0.2) is 0 Å². The van der Waals surface area contributed by atoms with E-state index in [2.05, 4.69) is 5.32 Å². The number of nitrogens with one attached hydrogen (secondary N) is 1. The molecule has 0 radical (unpaired) electrons. The van der Waals surface area contributed by atoms with Gasteiger partial charge in [-0.2, -0.15) is 0 Å². The Kier molecular flexibility index (Phi) is 4.01. The highest BCUT2D eigenvalue weighted by Gasteiger charge is 2.23. The van der Waals surface area contributed by atoms with Crippen LogP contribution in [0.4, 0.5) is 4.79 Å². The van der Waals surface area contributed by atoms with Crippen LogP contribution in [0, 0.1) is 0 Å². The number of likely N-dealkylation sites (tertiary alicyclic amines) is 1. The summed E-state index contributed by atoms with van der Waals surface area (Å²) in [5.74, 6) is 0. The molecule has 2 aliphatic rings. The molecule has 0 aromatic heterocycles. The van der Waals surface area contributed by atoms with Gasteiger partial charge >= 0.3 is 6.09 Å². The van der Waals surface area contributed by atoms with Gasteiger partial charge in [0.1, 0.15) is 12.7 Å². The van der Waals surface area contributed by atoms with Crippen molar-refractivity contribution < 1.29 is 14.3 Å². The minimum atomic E-state index is -0.195. The third-order valence-corrected chi connectivity index (χ3v) is 2.99. The van der Waals surface area contributed by atoms with Crippen LogP contribution in [0.25, 0.3) is 0 Å². The molecule has 0 aromatic carbocycles. The summed E-state index contributed by atoms with van der Waals surface area (Å²) in [6.07, 6.45) is 2.18. The number of carbonyl (C=O) groups excluding carboxylic acids is 1. The Hall–Kier alpha value is -0.810. The molecule has 2 aliphatic heterocycles. The molecule has 92 valence electrons. The molecule has 0 spiro atoms. The van der Waals surface area contributed by atoms with E-state index in [1.54, 1.807) is 4.90 Å². The van der Waals surface area contributed by atoms with Crippen LogP contribution < -0.4 is 5.32 Å². The first-order chi connectivity index (χ1) is 7.75. The maximum Gasteiger partial charge on any atom is 0.409 e. The van der Waals surface area contributed by atoms with Gasteiger partial charge < -0.3 is 19.7 Å². The van der Waals surface area contributed by atoms with Crippen molar-refractivity contribution in [1.82, 2.24) is 10.2 Å². The number of hydrogen-bond acceptors (Lipinski definition) is 4. The number of nitrogens with zero attached hydrogens (tertiary/aromatic N) is 1. The normalized spacial score (nSPS) is 30.4. The van der Waals surface area contributed by atoms with Crippen LogP contribution in [0.5, 0.6) is 0 Å². The molecule has 16 heavy (non-hydrogen) atoms. The van der Waals surface area contributed by atoms with Crippen molar-refractivity contribution in [2.24, 2.45) is 0 Å². The average molecular weight is 228 g/mol. The molecule has 2 rings (SSSR count). The number of carbonyl (C=O) groups is 1. The van der Waals surface area contributed by atoms with Gasteiger partial charge in [0.25, 0.3) is 0 Å². The highest BCUT2D eigenvalue weighted by atomic mass is 16.6. The molecule has 2 atom stereocenters. The van der Waals surface area contributed by atoms with E-state index in [1.165, 1.54) is 0 Å². The highest BCUT2D eigenvalue weighted by Crippen LogP contribution is 2.10. The molecule has 0 bridgehead atoms. The lowest BCUT2D eigenvalue weighted by atomic mass is 10.2. The molecule has 1 N–H and O–H groups in total. The third-order valence-electron chi connectivity index (χ3n) is 2.99. The Balaban J connectivity index is 1.67. The summed E-state index contributed by atoms with van der Waals surface area (Å²) in [4.78, 5) is 13.4. The predicted octanol–water partition coefficient (Wildman–Crippen LogP) is 0.596. The molecule has 2 heterocycles. The third kappa shape index (κ3) is 3.09. The van der Waals surface area contributed by atoms with Crippen molar-refractivity contribution in [3.63, 3.8) is 0 Å². The number of morpholine rings is 1. The first-order valence-corrected chi connectivity index (χ1v) is 6.03. The summed E-state index contributed by atoms with van der Waals surface area (Å²) in [5.41, 5.74) is 0. The minimum absolute atomic E-state index is 0.00435. The molecule has 2 saturated heterocycles. The zero-order valence-electron chi connectivity index (χ0n) is 9.78. The number of amides is 1. The second-order valence-electron chi connectivity index (χ2n) is 4.50. The van der Waals surface area contributed by atoms with E-state index in [0.29, 0.717) is 6.61 Å². The molecular formula is C11H20N2O3. The van der Waals surface area contributed by atoms with Crippen molar-refractivity contribution in [2.45, 2.75) is 32.0 Å². The lowest BCUT2D eigenvalue weighted by Crippen LogP contribution is -2.46. The van der Waals surface area contributed by atoms with Gasteiger partial charge in [0.15, 0.2) is 0 Å². The molecule has 0 aromatic rings. The van der Waals surface area contributed by atoms with E-state index in [4.69, 9.17) is 9.47 Å². The van der Waals surface area contributed by atoms with Gasteiger partial charge in [-0.3, -0.25) is 0 Å². The Labute approximate surface area is 96.1 Å². The summed E-state index contributed by atoms with van der Waals surface area (Å²) in [6.45, 7) is 5.67. The van der Waals surface area contributed by atoms with Gasteiger partial charge in [0.2, 0.25) is 0 Å². The first kappa shape index (κ1) is 11.7. The summed E-state index contributed by atoms with van der Waals surface area (Å²) in [5, 5.41) is 3.25. The zero-order chi connectivity index (χ0) is 11.4. The van der Waals surface area contributed by atoms with E-state index in [1.807, 2.05) is 6.92 Å². The fourth-order valence-corrected chi connectivity index (χ4v) is 2.13. The molecule has 0 aliphatic carbocycles. The topological polar surface area (TPSA) is 50.8 Å². The Morgan fingerprint density at radius 3 is 2.88 bits per heavy atom. The minimum Gasteiger partial charge on any atom is -0.447 e. The SMILES string of the molecule is CC1CNCC(COC(=O)N2CCCC2)O1. The predicted molar refractivity (Wildman–Crippen MR) is 59.4 cm³/mol. The highest BCUT2D eigenvalue weighted by molar-refractivity contribution is 5.67. The average Bonchev–Trinajstić information content (AvgIpc) is 2.79. The maximum atomic E-state index is 11.6.